The Bertz CT molecular complexity index is 832. The number of nitrogens with one attached hydrogen (secondary N) is 1. The van der Waals surface area contributed by atoms with Gasteiger partial charge in [-0.2, -0.15) is 0 Å². The summed E-state index contributed by atoms with van der Waals surface area (Å²) in [6, 6.07) is -1.92. The van der Waals surface area contributed by atoms with Gasteiger partial charge in [-0.3, -0.25) is 9.69 Å². The van der Waals surface area contributed by atoms with Crippen molar-refractivity contribution >= 4 is 35.4 Å². The average Bonchev–Trinajstić information content (AvgIpc) is 3.10. The molecular formula is C26H46ClN3O8S. The highest BCUT2D eigenvalue weighted by molar-refractivity contribution is 7.99. The number of aliphatic hydroxyl groups is 3. The summed E-state index contributed by atoms with van der Waals surface area (Å²) in [5.41, 5.74) is 4.14. The number of carbonyl (C=O) groups is 2. The van der Waals surface area contributed by atoms with Crippen LogP contribution in [0.5, 0.6) is 0 Å². The van der Waals surface area contributed by atoms with Crippen molar-refractivity contribution in [3.05, 3.63) is 0 Å². The zero-order valence-electron chi connectivity index (χ0n) is 23.5. The molecule has 0 aromatic heterocycles. The van der Waals surface area contributed by atoms with Crippen LogP contribution in [0.3, 0.4) is 0 Å². The van der Waals surface area contributed by atoms with Crippen molar-refractivity contribution in [1.29, 1.82) is 0 Å². The molecule has 3 aliphatic heterocycles. The summed E-state index contributed by atoms with van der Waals surface area (Å²) in [7, 11) is 0. The molecule has 3 aliphatic rings. The second-order valence-corrected chi connectivity index (χ2v) is 13.5. The monoisotopic (exact) mass is 595 g/mol. The number of ether oxygens (including phenoxy) is 3. The standard InChI is InChI=1S/C26H46ClN3O8S/c1-13(27)16(22-19(32)18(31)20(33)24(37-22)39-5)29-23(34)17-21-15(11-14(7-6-9-28)8-10-36-21)12-30(17)25(35)38-26(2,3)4/h13-22,24,31-33H,6-12,28H2,1-5H3,(H,29,34)/t13-,14+,15-,16+,17-,18?,19-,20+,21+,22+,24?/m0/s1. The van der Waals surface area contributed by atoms with Gasteiger partial charge in [0.25, 0.3) is 0 Å². The summed E-state index contributed by atoms with van der Waals surface area (Å²) in [4.78, 5) is 28.7. The van der Waals surface area contributed by atoms with Crippen LogP contribution < -0.4 is 11.1 Å². The SMILES string of the molecule is CSC1O[C@H]([C@H](NC(=O)[C@@H]2[C@@H]3OCC[C@@H](CCCN)C[C@H]3CN2C(=O)OC(C)(C)C)[C@H](C)Cl)[C@@H](O)C(O)[C@H]1O. The molecular weight excluding hydrogens is 550 g/mol. The molecule has 0 saturated carbocycles. The molecule has 0 spiro atoms. The fraction of sp³-hybridized carbons (Fsp3) is 0.923. The number of fused-ring (bicyclic) bond motifs is 1. The van der Waals surface area contributed by atoms with E-state index in [1.165, 1.54) is 16.7 Å². The number of carbonyl (C=O) groups excluding carboxylic acids is 2. The van der Waals surface area contributed by atoms with Gasteiger partial charge in [-0.15, -0.1) is 23.4 Å². The molecule has 39 heavy (non-hydrogen) atoms. The van der Waals surface area contributed by atoms with E-state index in [0.29, 0.717) is 25.6 Å². The molecule has 0 radical (unpaired) electrons. The fourth-order valence-electron chi connectivity index (χ4n) is 5.80. The van der Waals surface area contributed by atoms with Crippen LogP contribution in [0.2, 0.25) is 0 Å². The first-order valence-electron chi connectivity index (χ1n) is 13.8. The van der Waals surface area contributed by atoms with Gasteiger partial charge in [-0.25, -0.2) is 4.79 Å². The molecule has 11 nitrogen and oxygen atoms in total. The molecule has 3 saturated heterocycles. The van der Waals surface area contributed by atoms with E-state index in [1.54, 1.807) is 34.0 Å². The van der Waals surface area contributed by atoms with Crippen molar-refractivity contribution < 1.29 is 39.1 Å². The van der Waals surface area contributed by atoms with Gasteiger partial charge in [-0.1, -0.05) is 0 Å². The third-order valence-corrected chi connectivity index (χ3v) is 8.85. The lowest BCUT2D eigenvalue weighted by Crippen LogP contribution is -2.65. The molecule has 13 heteroatoms. The maximum atomic E-state index is 13.9. The molecule has 0 aromatic rings. The number of likely N-dealkylation sites (tertiary alicyclic amines) is 1. The Morgan fingerprint density at radius 2 is 1.92 bits per heavy atom. The molecule has 0 bridgehead atoms. The quantitative estimate of drug-likeness (QED) is 0.256. The van der Waals surface area contributed by atoms with Crippen LogP contribution in [-0.4, -0.2) is 117 Å². The minimum atomic E-state index is -1.49. The number of hydrogen-bond donors (Lipinski definition) is 5. The van der Waals surface area contributed by atoms with Gasteiger partial charge < -0.3 is 40.6 Å². The molecule has 3 rings (SSSR count). The summed E-state index contributed by atoms with van der Waals surface area (Å²) in [5.74, 6) is -0.202. The number of thioether (sulfide) groups is 1. The van der Waals surface area contributed by atoms with E-state index in [1.807, 2.05) is 0 Å². The second kappa shape index (κ2) is 13.9. The van der Waals surface area contributed by atoms with Crippen LogP contribution >= 0.6 is 23.4 Å². The third kappa shape index (κ3) is 7.91. The maximum absolute atomic E-state index is 13.9. The lowest BCUT2D eigenvalue weighted by molar-refractivity contribution is -0.205. The van der Waals surface area contributed by atoms with Gasteiger partial charge >= 0.3 is 6.09 Å². The van der Waals surface area contributed by atoms with Gasteiger partial charge in [0.05, 0.1) is 17.5 Å². The normalized spacial score (nSPS) is 37.0. The van der Waals surface area contributed by atoms with E-state index < -0.39 is 71.0 Å². The zero-order valence-corrected chi connectivity index (χ0v) is 25.1. The number of nitrogens with zero attached hydrogens (tertiary/aromatic N) is 1. The highest BCUT2D eigenvalue weighted by Crippen LogP contribution is 2.38. The van der Waals surface area contributed by atoms with Crippen molar-refractivity contribution in [2.24, 2.45) is 17.6 Å². The van der Waals surface area contributed by atoms with Crippen LogP contribution in [0, 0.1) is 11.8 Å². The summed E-state index contributed by atoms with van der Waals surface area (Å²) in [6.07, 6.45) is -1.32. The first-order valence-corrected chi connectivity index (χ1v) is 15.5. The fourth-order valence-corrected chi connectivity index (χ4v) is 6.68. The van der Waals surface area contributed by atoms with E-state index in [4.69, 9.17) is 31.5 Å². The van der Waals surface area contributed by atoms with Crippen molar-refractivity contribution in [2.75, 3.05) is 26.0 Å². The van der Waals surface area contributed by atoms with E-state index in [-0.39, 0.29) is 5.92 Å². The number of nitrogens with two attached hydrogens (primary N) is 1. The van der Waals surface area contributed by atoms with Crippen molar-refractivity contribution in [2.45, 2.75) is 112 Å². The Kier molecular flexibility index (Phi) is 11.6. The lowest BCUT2D eigenvalue weighted by Gasteiger charge is -2.44. The Hall–Kier alpha value is -0.860. The second-order valence-electron chi connectivity index (χ2n) is 11.9. The molecule has 3 fully saturated rings. The van der Waals surface area contributed by atoms with Crippen LogP contribution in [-0.2, 0) is 19.0 Å². The van der Waals surface area contributed by atoms with Crippen molar-refractivity contribution in [3.8, 4) is 0 Å². The van der Waals surface area contributed by atoms with E-state index in [9.17, 15) is 24.9 Å². The number of aliphatic hydroxyl groups excluding tert-OH is 3. The Morgan fingerprint density at radius 3 is 2.51 bits per heavy atom. The number of rotatable bonds is 8. The van der Waals surface area contributed by atoms with Crippen LogP contribution in [0.1, 0.15) is 53.4 Å². The van der Waals surface area contributed by atoms with Crippen molar-refractivity contribution in [3.63, 3.8) is 0 Å². The van der Waals surface area contributed by atoms with Crippen LogP contribution in [0.25, 0.3) is 0 Å². The average molecular weight is 596 g/mol. The van der Waals surface area contributed by atoms with Crippen molar-refractivity contribution in [1.82, 2.24) is 10.2 Å². The molecule has 226 valence electrons. The minimum Gasteiger partial charge on any atom is -0.444 e. The van der Waals surface area contributed by atoms with Gasteiger partial charge in [0.1, 0.15) is 41.5 Å². The number of hydrogen-bond acceptors (Lipinski definition) is 10. The smallest absolute Gasteiger partial charge is 0.411 e. The molecule has 11 atom stereocenters. The highest BCUT2D eigenvalue weighted by Gasteiger charge is 2.53. The van der Waals surface area contributed by atoms with Gasteiger partial charge in [0, 0.05) is 19.1 Å². The van der Waals surface area contributed by atoms with Crippen LogP contribution in [0.4, 0.5) is 4.79 Å². The first-order chi connectivity index (χ1) is 18.3. The Labute approximate surface area is 240 Å². The largest absolute Gasteiger partial charge is 0.444 e. The molecule has 0 aliphatic carbocycles. The van der Waals surface area contributed by atoms with E-state index in [2.05, 4.69) is 5.32 Å². The molecule has 6 N–H and O–H groups in total. The maximum Gasteiger partial charge on any atom is 0.411 e. The topological polar surface area (TPSA) is 164 Å². The predicted molar refractivity (Wildman–Crippen MR) is 148 cm³/mol. The number of amides is 2. The summed E-state index contributed by atoms with van der Waals surface area (Å²) < 4.78 is 17.8. The predicted octanol–water partition coefficient (Wildman–Crippen LogP) is 1.04. The number of alkyl halides is 1. The number of halogens is 1. The minimum absolute atomic E-state index is 0.0696. The van der Waals surface area contributed by atoms with Gasteiger partial charge in [0.15, 0.2) is 0 Å². The highest BCUT2D eigenvalue weighted by atomic mass is 35.5. The third-order valence-electron chi connectivity index (χ3n) is 7.72. The van der Waals surface area contributed by atoms with Crippen LogP contribution in [0.15, 0.2) is 0 Å². The van der Waals surface area contributed by atoms with Gasteiger partial charge in [-0.05, 0) is 72.1 Å². The molecule has 0 aromatic carbocycles. The lowest BCUT2D eigenvalue weighted by atomic mass is 9.87. The first kappa shape index (κ1) is 32.7. The molecule has 2 unspecified atom stereocenters. The van der Waals surface area contributed by atoms with E-state index in [0.717, 1.165) is 25.7 Å². The summed E-state index contributed by atoms with van der Waals surface area (Å²) in [5, 5.41) is 33.6. The Morgan fingerprint density at radius 1 is 1.23 bits per heavy atom. The van der Waals surface area contributed by atoms with Gasteiger partial charge in [0.2, 0.25) is 5.91 Å². The Balaban J connectivity index is 1.86. The summed E-state index contributed by atoms with van der Waals surface area (Å²) in [6.45, 7) is 8.31. The summed E-state index contributed by atoms with van der Waals surface area (Å²) >= 11 is 7.65. The molecule has 2 amide bonds. The molecule has 3 heterocycles. The zero-order chi connectivity index (χ0) is 29.1. The van der Waals surface area contributed by atoms with E-state index >= 15 is 0 Å².